The van der Waals surface area contributed by atoms with Gasteiger partial charge in [-0.05, 0) is 61.5 Å². The van der Waals surface area contributed by atoms with Crippen LogP contribution < -0.4 is 5.32 Å². The van der Waals surface area contributed by atoms with Gasteiger partial charge in [0.15, 0.2) is 5.22 Å². The van der Waals surface area contributed by atoms with Crippen molar-refractivity contribution in [3.63, 3.8) is 0 Å². The summed E-state index contributed by atoms with van der Waals surface area (Å²) < 4.78 is 5.55. The molecule has 3 atom stereocenters. The number of carbonyl (C=O) groups is 1. The lowest BCUT2D eigenvalue weighted by Crippen LogP contribution is -2.48. The van der Waals surface area contributed by atoms with Crippen LogP contribution in [0.5, 0.6) is 0 Å². The summed E-state index contributed by atoms with van der Waals surface area (Å²) in [5, 5.41) is 3.55. The average Bonchev–Trinajstić information content (AvgIpc) is 3.34. The average molecular weight is 374 g/mol. The van der Waals surface area contributed by atoms with Crippen molar-refractivity contribution < 1.29 is 9.21 Å². The first-order valence-electron chi connectivity index (χ1n) is 9.30. The molecule has 0 radical (unpaired) electrons. The molecule has 2 aromatic rings. The Bertz CT molecular complexity index is 778. The highest BCUT2D eigenvalue weighted by atomic mass is 35.5. The zero-order chi connectivity index (χ0) is 18.1. The molecule has 2 aromatic heterocycles. The molecule has 0 saturated carbocycles. The Labute approximate surface area is 158 Å². The van der Waals surface area contributed by atoms with Gasteiger partial charge >= 0.3 is 0 Å². The fourth-order valence-electron chi connectivity index (χ4n) is 4.80. The molecule has 138 valence electrons. The highest BCUT2D eigenvalue weighted by molar-refractivity contribution is 6.28. The summed E-state index contributed by atoms with van der Waals surface area (Å²) in [5.41, 5.74) is 0.561. The van der Waals surface area contributed by atoms with E-state index in [1.165, 1.54) is 0 Å². The number of carbonyl (C=O) groups excluding carboxylic acids is 1. The number of amides is 1. The number of rotatable bonds is 6. The molecule has 4 rings (SSSR count). The number of fused-ring (bicyclic) bond motifs is 2. The highest BCUT2D eigenvalue weighted by Gasteiger charge is 2.58. The van der Waals surface area contributed by atoms with Crippen LogP contribution in [0.3, 0.4) is 0 Å². The lowest BCUT2D eigenvalue weighted by Gasteiger charge is -2.35. The summed E-state index contributed by atoms with van der Waals surface area (Å²) in [4.78, 5) is 19.9. The number of nitrogens with zero attached hydrogens (tertiary/aromatic N) is 2. The lowest BCUT2D eigenvalue weighted by molar-refractivity contribution is -0.133. The molecule has 0 spiro atoms. The Morgan fingerprint density at radius 1 is 1.38 bits per heavy atom. The third-order valence-electron chi connectivity index (χ3n) is 6.09. The largest absolute Gasteiger partial charge is 0.448 e. The van der Waals surface area contributed by atoms with Gasteiger partial charge in [0.2, 0.25) is 5.91 Å². The van der Waals surface area contributed by atoms with Gasteiger partial charge in [0.1, 0.15) is 5.76 Å². The topological polar surface area (TPSA) is 58.4 Å². The third-order valence-corrected chi connectivity index (χ3v) is 6.29. The zero-order valence-corrected chi connectivity index (χ0v) is 15.7. The molecule has 2 bridgehead atoms. The van der Waals surface area contributed by atoms with Gasteiger partial charge in [-0.25, -0.2) is 0 Å². The number of halogens is 1. The van der Waals surface area contributed by atoms with Crippen molar-refractivity contribution in [1.82, 2.24) is 15.2 Å². The zero-order valence-electron chi connectivity index (χ0n) is 15.0. The second-order valence-corrected chi connectivity index (χ2v) is 7.72. The summed E-state index contributed by atoms with van der Waals surface area (Å²) in [6.45, 7) is 3.33. The molecule has 0 aliphatic carbocycles. The predicted molar refractivity (Wildman–Crippen MR) is 99.5 cm³/mol. The maximum Gasteiger partial charge on any atom is 0.228 e. The Kier molecular flexibility index (Phi) is 4.76. The van der Waals surface area contributed by atoms with E-state index in [-0.39, 0.29) is 17.4 Å². The fraction of sp³-hybridized carbons (Fsp3) is 0.500. The summed E-state index contributed by atoms with van der Waals surface area (Å²) in [5.74, 6) is 1.02. The van der Waals surface area contributed by atoms with Crippen LogP contribution in [0.2, 0.25) is 5.22 Å². The number of pyridine rings is 1. The molecular formula is C20H24ClN3O2. The van der Waals surface area contributed by atoms with E-state index in [2.05, 4.69) is 22.1 Å². The molecule has 5 nitrogen and oxygen atoms in total. The minimum atomic E-state index is -0.325. The molecule has 2 aliphatic heterocycles. The molecule has 26 heavy (non-hydrogen) atoms. The highest BCUT2D eigenvalue weighted by Crippen LogP contribution is 2.52. The summed E-state index contributed by atoms with van der Waals surface area (Å²) >= 11 is 5.91. The van der Waals surface area contributed by atoms with Crippen LogP contribution in [0.1, 0.15) is 44.1 Å². The van der Waals surface area contributed by atoms with Crippen molar-refractivity contribution in [2.75, 3.05) is 0 Å². The molecule has 6 heteroatoms. The second-order valence-electron chi connectivity index (χ2n) is 7.34. The van der Waals surface area contributed by atoms with Crippen LogP contribution in [-0.4, -0.2) is 27.9 Å². The third kappa shape index (κ3) is 3.03. The van der Waals surface area contributed by atoms with Crippen LogP contribution in [0, 0.1) is 5.41 Å². The first-order valence-corrected chi connectivity index (χ1v) is 9.68. The normalized spacial score (nSPS) is 27.8. The Morgan fingerprint density at radius 2 is 2.27 bits per heavy atom. The van der Waals surface area contributed by atoms with E-state index in [4.69, 9.17) is 16.0 Å². The van der Waals surface area contributed by atoms with Crippen LogP contribution >= 0.6 is 11.6 Å². The van der Waals surface area contributed by atoms with Crippen LogP contribution in [0.4, 0.5) is 0 Å². The number of hydrogen-bond donors (Lipinski definition) is 1. The van der Waals surface area contributed by atoms with Crippen LogP contribution in [-0.2, 0) is 17.9 Å². The maximum atomic E-state index is 13.2. The van der Waals surface area contributed by atoms with Crippen LogP contribution in [0.15, 0.2) is 40.9 Å². The number of aromatic nitrogens is 1. The summed E-state index contributed by atoms with van der Waals surface area (Å²) in [6.07, 6.45) is 5.72. The minimum absolute atomic E-state index is 0.153. The first kappa shape index (κ1) is 17.6. The molecule has 2 aliphatic rings. The summed E-state index contributed by atoms with van der Waals surface area (Å²) in [6, 6.07) is 10.2. The van der Waals surface area contributed by atoms with Crippen molar-refractivity contribution in [3.8, 4) is 0 Å². The van der Waals surface area contributed by atoms with Gasteiger partial charge in [-0.15, -0.1) is 0 Å². The van der Waals surface area contributed by atoms with Crippen molar-refractivity contribution in [2.45, 2.75) is 57.8 Å². The molecule has 0 aromatic carbocycles. The van der Waals surface area contributed by atoms with Crippen molar-refractivity contribution in [1.29, 1.82) is 0 Å². The van der Waals surface area contributed by atoms with Crippen LogP contribution in [0.25, 0.3) is 0 Å². The Morgan fingerprint density at radius 3 is 2.96 bits per heavy atom. The number of nitrogens with one attached hydrogen (secondary N) is 1. The SMILES string of the molecule is CC[C@@]1(C(=O)NCc2ccccn2)C[C@@H]2CC[C@H]1N2Cc1ccc(Cl)o1. The van der Waals surface area contributed by atoms with Crippen molar-refractivity contribution in [2.24, 2.45) is 5.41 Å². The van der Waals surface area contributed by atoms with Gasteiger partial charge in [-0.2, -0.15) is 0 Å². The van der Waals surface area contributed by atoms with Crippen molar-refractivity contribution in [3.05, 3.63) is 53.2 Å². The van der Waals surface area contributed by atoms with E-state index in [1.54, 1.807) is 12.3 Å². The Balaban J connectivity index is 1.48. The van der Waals surface area contributed by atoms with Gasteiger partial charge < -0.3 is 9.73 Å². The first-order chi connectivity index (χ1) is 12.6. The fourth-order valence-corrected chi connectivity index (χ4v) is 4.96. The minimum Gasteiger partial charge on any atom is -0.448 e. The number of hydrogen-bond acceptors (Lipinski definition) is 4. The molecular weight excluding hydrogens is 350 g/mol. The standard InChI is InChI=1S/C20H24ClN3O2/c1-2-20(19(25)23-12-14-5-3-4-10-22-14)11-15-6-8-17(20)24(15)13-16-7-9-18(21)26-16/h3-5,7,9-10,15,17H,2,6,8,11-13H2,1H3,(H,23,25)/t15-,17+,20+/m0/s1. The van der Waals surface area contributed by atoms with Gasteiger partial charge in [0.25, 0.3) is 0 Å². The van der Waals surface area contributed by atoms with E-state index in [0.29, 0.717) is 17.8 Å². The number of furan rings is 1. The molecule has 4 heterocycles. The second kappa shape index (κ2) is 7.05. The van der Waals surface area contributed by atoms with Gasteiger partial charge in [0, 0.05) is 18.3 Å². The van der Waals surface area contributed by atoms with Gasteiger partial charge in [-0.3, -0.25) is 14.7 Å². The molecule has 2 fully saturated rings. The van der Waals surface area contributed by atoms with Gasteiger partial charge in [-0.1, -0.05) is 13.0 Å². The van der Waals surface area contributed by atoms with E-state index in [9.17, 15) is 4.79 Å². The Hall–Kier alpha value is -1.85. The lowest BCUT2D eigenvalue weighted by atomic mass is 9.71. The monoisotopic (exact) mass is 373 g/mol. The molecule has 1 N–H and O–H groups in total. The molecule has 2 saturated heterocycles. The predicted octanol–water partition coefficient (Wildman–Crippen LogP) is 3.78. The van der Waals surface area contributed by atoms with E-state index in [0.717, 1.165) is 43.7 Å². The van der Waals surface area contributed by atoms with E-state index >= 15 is 0 Å². The molecule has 1 amide bonds. The maximum absolute atomic E-state index is 13.2. The van der Waals surface area contributed by atoms with E-state index < -0.39 is 0 Å². The van der Waals surface area contributed by atoms with Crippen molar-refractivity contribution >= 4 is 17.5 Å². The smallest absolute Gasteiger partial charge is 0.228 e. The summed E-state index contributed by atoms with van der Waals surface area (Å²) in [7, 11) is 0. The van der Waals surface area contributed by atoms with Gasteiger partial charge in [0.05, 0.1) is 24.2 Å². The molecule has 0 unspecified atom stereocenters. The van der Waals surface area contributed by atoms with E-state index in [1.807, 2.05) is 24.3 Å². The quantitative estimate of drug-likeness (QED) is 0.837.